The molecule has 0 bridgehead atoms. The summed E-state index contributed by atoms with van der Waals surface area (Å²) in [6.45, 7) is 2.02. The van der Waals surface area contributed by atoms with E-state index in [0.717, 1.165) is 46.0 Å². The van der Waals surface area contributed by atoms with Crippen LogP contribution in [-0.4, -0.2) is 20.5 Å². The molecule has 1 aromatic carbocycles. The first-order valence-corrected chi connectivity index (χ1v) is 11.7. The number of ketones is 1. The van der Waals surface area contributed by atoms with Crippen molar-refractivity contribution in [2.24, 2.45) is 0 Å². The Hall–Kier alpha value is -3.51. The van der Waals surface area contributed by atoms with Crippen molar-refractivity contribution in [2.45, 2.75) is 31.6 Å². The van der Waals surface area contributed by atoms with E-state index in [0.29, 0.717) is 6.42 Å². The van der Waals surface area contributed by atoms with E-state index in [1.807, 2.05) is 42.1 Å². The summed E-state index contributed by atoms with van der Waals surface area (Å²) in [4.78, 5) is 19.2. The molecule has 32 heavy (non-hydrogen) atoms. The van der Waals surface area contributed by atoms with Crippen molar-refractivity contribution in [3.05, 3.63) is 105 Å². The van der Waals surface area contributed by atoms with Gasteiger partial charge in [0.1, 0.15) is 5.82 Å². The number of carbonyl (C=O) groups excluding carboxylic acids is 1. The minimum absolute atomic E-state index is 0.163. The molecule has 1 aliphatic heterocycles. The van der Waals surface area contributed by atoms with Gasteiger partial charge in [-0.25, -0.2) is 4.68 Å². The number of rotatable bonds is 3. The molecular weight excluding hydrogens is 416 g/mol. The maximum Gasteiger partial charge on any atom is 0.162 e. The normalized spacial score (nSPS) is 20.0. The molecular formula is C26H22N4OS. The lowest BCUT2D eigenvalue weighted by Crippen LogP contribution is -2.30. The van der Waals surface area contributed by atoms with Crippen molar-refractivity contribution in [2.75, 3.05) is 5.32 Å². The van der Waals surface area contributed by atoms with E-state index in [-0.39, 0.29) is 17.6 Å². The molecule has 0 saturated carbocycles. The SMILES string of the molecule is Cc1nn(-c2ccccc2)c2c1C(c1cccnc1)C1=C(CC(c3cccs3)CC1=O)N2. The van der Waals surface area contributed by atoms with Crippen LogP contribution in [0, 0.1) is 6.92 Å². The Balaban J connectivity index is 1.54. The van der Waals surface area contributed by atoms with Gasteiger partial charge in [0.05, 0.1) is 11.4 Å². The second-order valence-corrected chi connectivity index (χ2v) is 9.35. The fourth-order valence-corrected chi connectivity index (χ4v) is 5.87. The largest absolute Gasteiger partial charge is 0.343 e. The van der Waals surface area contributed by atoms with Gasteiger partial charge in [0.2, 0.25) is 0 Å². The number of aromatic nitrogens is 3. The molecule has 2 aliphatic rings. The molecule has 0 spiro atoms. The smallest absolute Gasteiger partial charge is 0.162 e. The van der Waals surface area contributed by atoms with Gasteiger partial charge in [-0.1, -0.05) is 30.3 Å². The number of nitrogens with one attached hydrogen (secondary N) is 1. The summed E-state index contributed by atoms with van der Waals surface area (Å²) < 4.78 is 1.97. The topological polar surface area (TPSA) is 59.8 Å². The number of allylic oxidation sites excluding steroid dienone is 2. The van der Waals surface area contributed by atoms with E-state index in [1.165, 1.54) is 4.88 Å². The maximum absolute atomic E-state index is 13.6. The zero-order valence-corrected chi connectivity index (χ0v) is 18.5. The summed E-state index contributed by atoms with van der Waals surface area (Å²) in [5, 5.41) is 10.6. The molecule has 2 unspecified atom stereocenters. The van der Waals surface area contributed by atoms with E-state index in [9.17, 15) is 4.79 Å². The van der Waals surface area contributed by atoms with Crippen LogP contribution >= 0.6 is 11.3 Å². The Morgan fingerprint density at radius 2 is 1.94 bits per heavy atom. The lowest BCUT2D eigenvalue weighted by Gasteiger charge is -2.35. The molecule has 0 fully saturated rings. The molecule has 0 radical (unpaired) electrons. The fraction of sp³-hybridized carbons (Fsp3) is 0.192. The van der Waals surface area contributed by atoms with Gasteiger partial charge in [0.15, 0.2) is 5.78 Å². The Morgan fingerprint density at radius 1 is 1.06 bits per heavy atom. The molecule has 158 valence electrons. The first kappa shape index (κ1) is 19.2. The zero-order chi connectivity index (χ0) is 21.7. The molecule has 4 heterocycles. The minimum atomic E-state index is -0.163. The first-order chi connectivity index (χ1) is 15.7. The van der Waals surface area contributed by atoms with E-state index >= 15 is 0 Å². The second kappa shape index (κ2) is 7.57. The van der Waals surface area contributed by atoms with Crippen molar-refractivity contribution in [3.8, 4) is 5.69 Å². The number of benzene rings is 1. The zero-order valence-electron chi connectivity index (χ0n) is 17.7. The van der Waals surface area contributed by atoms with Crippen LogP contribution in [0.2, 0.25) is 0 Å². The van der Waals surface area contributed by atoms with Crippen LogP contribution in [-0.2, 0) is 4.79 Å². The molecule has 6 rings (SSSR count). The van der Waals surface area contributed by atoms with Crippen LogP contribution in [0.1, 0.15) is 46.4 Å². The summed E-state index contributed by atoms with van der Waals surface area (Å²) in [5.74, 6) is 1.20. The van der Waals surface area contributed by atoms with Crippen LogP contribution in [0.25, 0.3) is 5.69 Å². The molecule has 1 aliphatic carbocycles. The van der Waals surface area contributed by atoms with Crippen LogP contribution in [0.4, 0.5) is 5.82 Å². The molecule has 3 aromatic heterocycles. The number of hydrogen-bond donors (Lipinski definition) is 1. The molecule has 6 heteroatoms. The van der Waals surface area contributed by atoms with Crippen molar-refractivity contribution in [1.82, 2.24) is 14.8 Å². The van der Waals surface area contributed by atoms with E-state index in [2.05, 4.69) is 46.0 Å². The number of carbonyl (C=O) groups is 1. The van der Waals surface area contributed by atoms with Gasteiger partial charge in [-0.2, -0.15) is 5.10 Å². The Bertz CT molecular complexity index is 1320. The van der Waals surface area contributed by atoms with Crippen molar-refractivity contribution < 1.29 is 4.79 Å². The van der Waals surface area contributed by atoms with E-state index in [4.69, 9.17) is 5.10 Å². The number of fused-ring (bicyclic) bond motifs is 1. The number of thiophene rings is 1. The quantitative estimate of drug-likeness (QED) is 0.453. The minimum Gasteiger partial charge on any atom is -0.343 e. The third-order valence-corrected chi connectivity index (χ3v) is 7.46. The van der Waals surface area contributed by atoms with Crippen LogP contribution in [0.3, 0.4) is 0 Å². The summed E-state index contributed by atoms with van der Waals surface area (Å²) in [6, 6.07) is 18.3. The highest BCUT2D eigenvalue weighted by atomic mass is 32.1. The highest BCUT2D eigenvalue weighted by Crippen LogP contribution is 2.49. The average molecular weight is 439 g/mol. The lowest BCUT2D eigenvalue weighted by atomic mass is 9.73. The van der Waals surface area contributed by atoms with Gasteiger partial charge in [-0.15, -0.1) is 11.3 Å². The molecule has 5 nitrogen and oxygen atoms in total. The molecule has 2 atom stereocenters. The van der Waals surface area contributed by atoms with Crippen molar-refractivity contribution in [3.63, 3.8) is 0 Å². The third kappa shape index (κ3) is 3.02. The van der Waals surface area contributed by atoms with Gasteiger partial charge in [-0.3, -0.25) is 9.78 Å². The monoisotopic (exact) mass is 438 g/mol. The second-order valence-electron chi connectivity index (χ2n) is 8.38. The number of anilines is 1. The molecule has 1 N–H and O–H groups in total. The number of nitrogens with zero attached hydrogens (tertiary/aromatic N) is 3. The van der Waals surface area contributed by atoms with E-state index in [1.54, 1.807) is 17.5 Å². The summed E-state index contributed by atoms with van der Waals surface area (Å²) >= 11 is 1.73. The predicted molar refractivity (Wildman–Crippen MR) is 126 cm³/mol. The van der Waals surface area contributed by atoms with E-state index < -0.39 is 0 Å². The molecule has 0 amide bonds. The Labute approximate surface area is 190 Å². The summed E-state index contributed by atoms with van der Waals surface area (Å²) in [5.41, 5.74) is 5.89. The number of hydrogen-bond acceptors (Lipinski definition) is 5. The van der Waals surface area contributed by atoms with Crippen LogP contribution in [0.5, 0.6) is 0 Å². The van der Waals surface area contributed by atoms with Gasteiger partial charge in [-0.05, 0) is 48.6 Å². The number of aryl methyl sites for hydroxylation is 1. The third-order valence-electron chi connectivity index (χ3n) is 6.43. The van der Waals surface area contributed by atoms with Crippen molar-refractivity contribution in [1.29, 1.82) is 0 Å². The standard InChI is InChI=1S/C26H22N4OS/c1-16-23-24(17-7-5-11-27-15-17)25-20(13-18(14-21(25)31)22-10-6-12-32-22)28-26(23)30(29-16)19-8-3-2-4-9-19/h2-12,15,18,24,28H,13-14H2,1H3. The first-order valence-electron chi connectivity index (χ1n) is 10.8. The highest BCUT2D eigenvalue weighted by Gasteiger charge is 2.41. The molecule has 4 aromatic rings. The number of para-hydroxylation sites is 1. The summed E-state index contributed by atoms with van der Waals surface area (Å²) in [7, 11) is 0. The van der Waals surface area contributed by atoms with Crippen molar-refractivity contribution >= 4 is 22.9 Å². The van der Waals surface area contributed by atoms with Gasteiger partial charge in [0, 0.05) is 52.4 Å². The fourth-order valence-electron chi connectivity index (χ4n) is 5.04. The number of Topliss-reactive ketones (excluding diaryl/α,β-unsaturated/α-hetero) is 1. The van der Waals surface area contributed by atoms with Gasteiger partial charge >= 0.3 is 0 Å². The van der Waals surface area contributed by atoms with Crippen LogP contribution in [0.15, 0.2) is 83.6 Å². The van der Waals surface area contributed by atoms with Gasteiger partial charge < -0.3 is 5.32 Å². The highest BCUT2D eigenvalue weighted by molar-refractivity contribution is 7.10. The molecule has 0 saturated heterocycles. The average Bonchev–Trinajstić information content (AvgIpc) is 3.48. The Kier molecular flexibility index (Phi) is 4.54. The summed E-state index contributed by atoms with van der Waals surface area (Å²) in [6.07, 6.45) is 5.01. The van der Waals surface area contributed by atoms with Crippen LogP contribution < -0.4 is 5.32 Å². The Morgan fingerprint density at radius 3 is 2.69 bits per heavy atom. The van der Waals surface area contributed by atoms with Gasteiger partial charge in [0.25, 0.3) is 0 Å². The predicted octanol–water partition coefficient (Wildman–Crippen LogP) is 5.60. The maximum atomic E-state index is 13.6. The number of pyridine rings is 1. The lowest BCUT2D eigenvalue weighted by molar-refractivity contribution is -0.116.